The average molecular weight is 217 g/mol. The number of phenols is 1. The van der Waals surface area contributed by atoms with E-state index in [4.69, 9.17) is 0 Å². The van der Waals surface area contributed by atoms with Crippen LogP contribution in [0.2, 0.25) is 0 Å². The zero-order chi connectivity index (χ0) is 11.4. The zero-order valence-corrected chi connectivity index (χ0v) is 10.1. The summed E-state index contributed by atoms with van der Waals surface area (Å²) in [6, 6.07) is 8.57. The van der Waals surface area contributed by atoms with Crippen molar-refractivity contribution in [2.75, 3.05) is 0 Å². The summed E-state index contributed by atoms with van der Waals surface area (Å²) in [6.45, 7) is 2.27. The molecule has 1 N–H and O–H groups in total. The van der Waals surface area contributed by atoms with E-state index in [2.05, 4.69) is 13.0 Å². The minimum atomic E-state index is 0.456. The quantitative estimate of drug-likeness (QED) is 0.801. The van der Waals surface area contributed by atoms with Gasteiger partial charge in [-0.05, 0) is 61.3 Å². The van der Waals surface area contributed by atoms with E-state index in [9.17, 15) is 5.11 Å². The van der Waals surface area contributed by atoms with Gasteiger partial charge in [0.05, 0.1) is 0 Å². The molecule has 0 amide bonds. The summed E-state index contributed by atoms with van der Waals surface area (Å²) in [4.78, 5) is 0. The van der Waals surface area contributed by atoms with Gasteiger partial charge < -0.3 is 5.11 Å². The van der Waals surface area contributed by atoms with Crippen molar-refractivity contribution in [1.29, 1.82) is 0 Å². The summed E-state index contributed by atoms with van der Waals surface area (Å²) in [5.74, 6) is 1.94. The molecule has 0 aromatic heterocycles. The van der Waals surface area contributed by atoms with Crippen LogP contribution in [0.25, 0.3) is 0 Å². The molecule has 1 aromatic rings. The molecule has 0 unspecified atom stereocenters. The van der Waals surface area contributed by atoms with Crippen molar-refractivity contribution in [2.45, 2.75) is 51.4 Å². The highest BCUT2D eigenvalue weighted by Crippen LogP contribution is 2.40. The molecule has 1 nitrogen and oxygen atoms in total. The molecule has 1 fully saturated rings. The molecule has 0 saturated heterocycles. The van der Waals surface area contributed by atoms with Gasteiger partial charge in [-0.15, -0.1) is 0 Å². The molecule has 1 heteroatoms. The van der Waals surface area contributed by atoms with Crippen LogP contribution >= 0.6 is 0 Å². The Morgan fingerprint density at radius 1 is 1.31 bits per heavy atom. The summed E-state index contributed by atoms with van der Waals surface area (Å²) in [6.07, 6.45) is 7.80. The molecule has 1 aromatic carbocycles. The van der Waals surface area contributed by atoms with Crippen LogP contribution in [0.1, 0.15) is 56.9 Å². The van der Waals surface area contributed by atoms with E-state index in [0.717, 1.165) is 11.5 Å². The number of benzene rings is 1. The average Bonchev–Trinajstić information content (AvgIpc) is 2.31. The van der Waals surface area contributed by atoms with Crippen LogP contribution < -0.4 is 0 Å². The molecule has 87 valence electrons. The smallest absolute Gasteiger partial charge is 0.119 e. The fourth-order valence-corrected chi connectivity index (χ4v) is 2.93. The highest BCUT2D eigenvalue weighted by molar-refractivity contribution is 5.34. The standard InChI is InChI=1S/C15H21O/c1-2-5-12-8-10-13(11-9-12)14-6-3-4-7-15(14)16/h4,6-7,12-13,16H,2,5,8-11H2,1H3. The van der Waals surface area contributed by atoms with Gasteiger partial charge in [-0.2, -0.15) is 0 Å². The second-order valence-corrected chi connectivity index (χ2v) is 4.99. The van der Waals surface area contributed by atoms with Crippen molar-refractivity contribution >= 4 is 0 Å². The lowest BCUT2D eigenvalue weighted by atomic mass is 9.77. The van der Waals surface area contributed by atoms with Crippen LogP contribution in [0.4, 0.5) is 0 Å². The number of aromatic hydroxyl groups is 1. The molecule has 2 rings (SSSR count). The van der Waals surface area contributed by atoms with Crippen LogP contribution in [-0.2, 0) is 0 Å². The third-order valence-electron chi connectivity index (χ3n) is 3.86. The normalized spacial score (nSPS) is 25.6. The molecular weight excluding hydrogens is 196 g/mol. The van der Waals surface area contributed by atoms with Gasteiger partial charge in [0.15, 0.2) is 0 Å². The Balaban J connectivity index is 1.96. The molecule has 0 bridgehead atoms. The molecule has 16 heavy (non-hydrogen) atoms. The number of hydrogen-bond donors (Lipinski definition) is 1. The molecule has 0 aliphatic heterocycles. The fourth-order valence-electron chi connectivity index (χ4n) is 2.93. The highest BCUT2D eigenvalue weighted by atomic mass is 16.3. The summed E-state index contributed by atoms with van der Waals surface area (Å²) in [5.41, 5.74) is 1.11. The van der Waals surface area contributed by atoms with Gasteiger partial charge in [0.25, 0.3) is 0 Å². The fraction of sp³-hybridized carbons (Fsp3) is 0.600. The number of phenolic OH excluding ortho intramolecular Hbond substituents is 1. The van der Waals surface area contributed by atoms with Crippen LogP contribution in [0.3, 0.4) is 0 Å². The van der Waals surface area contributed by atoms with Crippen molar-refractivity contribution in [2.24, 2.45) is 5.92 Å². The van der Waals surface area contributed by atoms with Crippen molar-refractivity contribution in [3.05, 3.63) is 29.8 Å². The molecular formula is C15H21O. The third kappa shape index (κ3) is 2.58. The minimum absolute atomic E-state index is 0.456. The van der Waals surface area contributed by atoms with E-state index in [-0.39, 0.29) is 0 Å². The Labute approximate surface area is 98.5 Å². The Bertz CT molecular complexity index is 324. The third-order valence-corrected chi connectivity index (χ3v) is 3.86. The molecule has 0 heterocycles. The predicted octanol–water partition coefficient (Wildman–Crippen LogP) is 4.27. The topological polar surface area (TPSA) is 20.2 Å². The van der Waals surface area contributed by atoms with Crippen molar-refractivity contribution < 1.29 is 5.11 Å². The highest BCUT2D eigenvalue weighted by Gasteiger charge is 2.23. The molecule has 1 saturated carbocycles. The SMILES string of the molecule is CCCC1CCC(c2c[c]ccc2O)CC1. The summed E-state index contributed by atoms with van der Waals surface area (Å²) in [5, 5.41) is 9.81. The second kappa shape index (κ2) is 5.38. The second-order valence-electron chi connectivity index (χ2n) is 4.99. The van der Waals surface area contributed by atoms with Gasteiger partial charge in [-0.3, -0.25) is 0 Å². The zero-order valence-electron chi connectivity index (χ0n) is 10.1. The van der Waals surface area contributed by atoms with Crippen LogP contribution in [0, 0.1) is 12.0 Å². The largest absolute Gasteiger partial charge is 0.508 e. The van der Waals surface area contributed by atoms with E-state index in [1.165, 1.54) is 38.5 Å². The van der Waals surface area contributed by atoms with E-state index in [0.29, 0.717) is 11.7 Å². The lowest BCUT2D eigenvalue weighted by Gasteiger charge is -2.28. The summed E-state index contributed by atoms with van der Waals surface area (Å²) in [7, 11) is 0. The summed E-state index contributed by atoms with van der Waals surface area (Å²) >= 11 is 0. The summed E-state index contributed by atoms with van der Waals surface area (Å²) < 4.78 is 0. The maximum atomic E-state index is 9.81. The van der Waals surface area contributed by atoms with Gasteiger partial charge in [0.2, 0.25) is 0 Å². The van der Waals surface area contributed by atoms with Crippen LogP contribution in [0.15, 0.2) is 18.2 Å². The van der Waals surface area contributed by atoms with Gasteiger partial charge in [0, 0.05) is 0 Å². The van der Waals surface area contributed by atoms with Crippen molar-refractivity contribution in [3.8, 4) is 5.75 Å². The molecule has 0 atom stereocenters. The first kappa shape index (κ1) is 11.5. The van der Waals surface area contributed by atoms with E-state index in [1.54, 1.807) is 12.1 Å². The molecule has 1 radical (unpaired) electrons. The maximum absolute atomic E-state index is 9.81. The van der Waals surface area contributed by atoms with Gasteiger partial charge >= 0.3 is 0 Å². The molecule has 1 aliphatic carbocycles. The number of hydrogen-bond acceptors (Lipinski definition) is 1. The minimum Gasteiger partial charge on any atom is -0.508 e. The van der Waals surface area contributed by atoms with E-state index >= 15 is 0 Å². The Hall–Kier alpha value is -0.980. The monoisotopic (exact) mass is 217 g/mol. The van der Waals surface area contributed by atoms with Gasteiger partial charge in [-0.25, -0.2) is 0 Å². The Morgan fingerprint density at radius 3 is 2.69 bits per heavy atom. The van der Waals surface area contributed by atoms with Crippen molar-refractivity contribution in [1.82, 2.24) is 0 Å². The first-order chi connectivity index (χ1) is 7.81. The molecule has 1 aliphatic rings. The number of rotatable bonds is 3. The Morgan fingerprint density at radius 2 is 2.06 bits per heavy atom. The van der Waals surface area contributed by atoms with E-state index < -0.39 is 0 Å². The van der Waals surface area contributed by atoms with Crippen LogP contribution in [-0.4, -0.2) is 5.11 Å². The van der Waals surface area contributed by atoms with Gasteiger partial charge in [0.1, 0.15) is 5.75 Å². The first-order valence-electron chi connectivity index (χ1n) is 6.50. The lowest BCUT2D eigenvalue weighted by Crippen LogP contribution is -2.13. The lowest BCUT2D eigenvalue weighted by molar-refractivity contribution is 0.304. The van der Waals surface area contributed by atoms with Gasteiger partial charge in [-0.1, -0.05) is 25.8 Å². The van der Waals surface area contributed by atoms with E-state index in [1.807, 2.05) is 6.07 Å². The molecule has 0 spiro atoms. The Kier molecular flexibility index (Phi) is 3.87. The van der Waals surface area contributed by atoms with Crippen LogP contribution in [0.5, 0.6) is 5.75 Å². The van der Waals surface area contributed by atoms with Crippen molar-refractivity contribution in [3.63, 3.8) is 0 Å². The predicted molar refractivity (Wildman–Crippen MR) is 66.5 cm³/mol. The maximum Gasteiger partial charge on any atom is 0.119 e. The first-order valence-corrected chi connectivity index (χ1v) is 6.50.